The van der Waals surface area contributed by atoms with Gasteiger partial charge >= 0.3 is 12.4 Å². The quantitative estimate of drug-likeness (QED) is 0.564. The summed E-state index contributed by atoms with van der Waals surface area (Å²) in [4.78, 5) is 3.19. The number of aromatic nitrogens is 1. The summed E-state index contributed by atoms with van der Waals surface area (Å²) in [6.45, 7) is 2.91. The van der Waals surface area contributed by atoms with Crippen molar-refractivity contribution in [3.63, 3.8) is 0 Å². The zero-order valence-electron chi connectivity index (χ0n) is 13.9. The van der Waals surface area contributed by atoms with E-state index in [1.165, 1.54) is 6.07 Å². The Balaban J connectivity index is 2.57. The lowest BCUT2D eigenvalue weighted by molar-refractivity contribution is -0.142. The Hall–Kier alpha value is -1.87. The molecule has 0 radical (unpaired) electrons. The predicted molar refractivity (Wildman–Crippen MR) is 84.5 cm³/mol. The van der Waals surface area contributed by atoms with E-state index in [1.807, 2.05) is 6.92 Å². The summed E-state index contributed by atoms with van der Waals surface area (Å²) in [6.07, 6.45) is -10.2. The highest BCUT2D eigenvalue weighted by atomic mass is 19.4. The van der Waals surface area contributed by atoms with Gasteiger partial charge in [0.25, 0.3) is 0 Å². The lowest BCUT2D eigenvalue weighted by Crippen LogP contribution is -2.19. The first-order valence-electron chi connectivity index (χ1n) is 8.02. The van der Waals surface area contributed by atoms with Crippen LogP contribution in [0.25, 0.3) is 10.9 Å². The summed E-state index contributed by atoms with van der Waals surface area (Å²) in [5, 5.41) is 13.1. The van der Waals surface area contributed by atoms with Crippen LogP contribution in [0.4, 0.5) is 26.3 Å². The van der Waals surface area contributed by atoms with Gasteiger partial charge in [0.05, 0.1) is 17.2 Å². The minimum absolute atomic E-state index is 0.0622. The van der Waals surface area contributed by atoms with Crippen molar-refractivity contribution in [2.24, 2.45) is 0 Å². The number of aliphatic hydroxyl groups is 1. The third kappa shape index (κ3) is 4.64. The van der Waals surface area contributed by atoms with E-state index >= 15 is 0 Å². The van der Waals surface area contributed by atoms with Crippen LogP contribution in [0, 0.1) is 0 Å². The van der Waals surface area contributed by atoms with Gasteiger partial charge < -0.3 is 10.4 Å². The Bertz CT molecular complexity index is 757. The van der Waals surface area contributed by atoms with Crippen LogP contribution in [0.2, 0.25) is 0 Å². The van der Waals surface area contributed by atoms with E-state index in [2.05, 4.69) is 10.3 Å². The summed E-state index contributed by atoms with van der Waals surface area (Å²) in [6, 6.07) is 3.61. The molecule has 0 unspecified atom stereocenters. The van der Waals surface area contributed by atoms with E-state index in [0.29, 0.717) is 25.2 Å². The topological polar surface area (TPSA) is 45.1 Å². The maximum Gasteiger partial charge on any atom is 0.433 e. The van der Waals surface area contributed by atoms with Crippen molar-refractivity contribution in [3.8, 4) is 0 Å². The number of nitrogens with one attached hydrogen (secondary N) is 1. The van der Waals surface area contributed by atoms with Gasteiger partial charge in [0.1, 0.15) is 5.69 Å². The summed E-state index contributed by atoms with van der Waals surface area (Å²) < 4.78 is 78.8. The highest BCUT2D eigenvalue weighted by Gasteiger charge is 2.37. The lowest BCUT2D eigenvalue weighted by Gasteiger charge is -2.18. The Morgan fingerprint density at radius 3 is 2.35 bits per heavy atom. The molecule has 0 aliphatic carbocycles. The second kappa shape index (κ2) is 7.79. The molecule has 1 aromatic heterocycles. The number of benzene rings is 1. The fourth-order valence-electron chi connectivity index (χ4n) is 2.62. The van der Waals surface area contributed by atoms with Gasteiger partial charge in [0.15, 0.2) is 0 Å². The molecule has 1 heterocycles. The molecule has 0 aliphatic rings. The molecular formula is C17H18F6N2O. The first-order valence-corrected chi connectivity index (χ1v) is 8.02. The van der Waals surface area contributed by atoms with Crippen LogP contribution in [-0.2, 0) is 12.4 Å². The lowest BCUT2D eigenvalue weighted by atomic mass is 9.98. The first kappa shape index (κ1) is 20.4. The molecular weight excluding hydrogens is 362 g/mol. The molecule has 3 nitrogen and oxygen atoms in total. The smallest absolute Gasteiger partial charge is 0.388 e. The van der Waals surface area contributed by atoms with Crippen molar-refractivity contribution >= 4 is 10.9 Å². The van der Waals surface area contributed by atoms with Gasteiger partial charge in [-0.1, -0.05) is 19.1 Å². The molecule has 2 aromatic rings. The summed E-state index contributed by atoms with van der Waals surface area (Å²) in [5.74, 6) is 0. The van der Waals surface area contributed by atoms with Gasteiger partial charge in [0.2, 0.25) is 0 Å². The molecule has 0 bridgehead atoms. The minimum atomic E-state index is -4.93. The predicted octanol–water partition coefficient (Wildman–Crippen LogP) is 4.70. The normalized spacial score (nSPS) is 14.0. The molecule has 0 aliphatic heterocycles. The highest BCUT2D eigenvalue weighted by Crippen LogP contribution is 2.39. The van der Waals surface area contributed by atoms with E-state index in [-0.39, 0.29) is 17.4 Å². The maximum absolute atomic E-state index is 13.2. The maximum atomic E-state index is 13.2. The molecule has 1 aromatic carbocycles. The largest absolute Gasteiger partial charge is 0.433 e. The Kier molecular flexibility index (Phi) is 6.13. The number of pyridine rings is 1. The molecule has 2 rings (SSSR count). The molecule has 0 spiro atoms. The molecule has 2 N–H and O–H groups in total. The average Bonchev–Trinajstić information content (AvgIpc) is 2.55. The molecule has 0 saturated heterocycles. The number of fused-ring (bicyclic) bond motifs is 1. The zero-order valence-corrected chi connectivity index (χ0v) is 13.9. The van der Waals surface area contributed by atoms with Crippen molar-refractivity contribution in [1.29, 1.82) is 0 Å². The van der Waals surface area contributed by atoms with Crippen LogP contribution >= 0.6 is 0 Å². The monoisotopic (exact) mass is 380 g/mol. The molecule has 0 amide bonds. The van der Waals surface area contributed by atoms with Crippen molar-refractivity contribution in [2.45, 2.75) is 38.2 Å². The summed E-state index contributed by atoms with van der Waals surface area (Å²) in [7, 11) is 0. The molecule has 0 saturated carbocycles. The van der Waals surface area contributed by atoms with Crippen molar-refractivity contribution in [1.82, 2.24) is 10.3 Å². The Morgan fingerprint density at radius 2 is 1.77 bits per heavy atom. The molecule has 26 heavy (non-hydrogen) atoms. The van der Waals surface area contributed by atoms with E-state index in [1.54, 1.807) is 0 Å². The summed E-state index contributed by atoms with van der Waals surface area (Å²) >= 11 is 0. The standard InChI is InChI=1S/C17H18F6N2O/c1-2-7-24-8-6-13(26)11-9-14(17(21,22)23)25-15-10(11)4-3-5-12(15)16(18,19)20/h3-5,9,13,24,26H,2,6-8H2,1H3/t13-/m0/s1. The molecule has 0 fully saturated rings. The van der Waals surface area contributed by atoms with Crippen LogP contribution in [0.1, 0.15) is 42.7 Å². The first-order chi connectivity index (χ1) is 12.1. The zero-order chi connectivity index (χ0) is 19.5. The van der Waals surface area contributed by atoms with E-state index in [4.69, 9.17) is 0 Å². The number of para-hydroxylation sites is 1. The van der Waals surface area contributed by atoms with Gasteiger partial charge in [-0.15, -0.1) is 0 Å². The van der Waals surface area contributed by atoms with E-state index < -0.39 is 35.2 Å². The minimum Gasteiger partial charge on any atom is -0.388 e. The highest BCUT2D eigenvalue weighted by molar-refractivity contribution is 5.86. The van der Waals surface area contributed by atoms with Crippen molar-refractivity contribution in [2.75, 3.05) is 13.1 Å². The number of rotatable bonds is 6. The second-order valence-corrected chi connectivity index (χ2v) is 5.85. The number of alkyl halides is 6. The van der Waals surface area contributed by atoms with Crippen molar-refractivity contribution in [3.05, 3.63) is 41.1 Å². The van der Waals surface area contributed by atoms with Crippen LogP contribution < -0.4 is 5.32 Å². The average molecular weight is 380 g/mol. The molecule has 9 heteroatoms. The number of aliphatic hydroxyl groups excluding tert-OH is 1. The van der Waals surface area contributed by atoms with E-state index in [9.17, 15) is 31.4 Å². The van der Waals surface area contributed by atoms with Gasteiger partial charge in [0, 0.05) is 5.39 Å². The molecule has 1 atom stereocenters. The SMILES string of the molecule is CCCNCC[C@H](O)c1cc(C(F)(F)F)nc2c(C(F)(F)F)cccc12. The van der Waals surface area contributed by atoms with Gasteiger partial charge in [-0.25, -0.2) is 4.98 Å². The van der Waals surface area contributed by atoms with Crippen LogP contribution in [-0.4, -0.2) is 23.2 Å². The van der Waals surface area contributed by atoms with Crippen LogP contribution in [0.3, 0.4) is 0 Å². The third-order valence-corrected chi connectivity index (χ3v) is 3.85. The Labute approximate surface area is 146 Å². The Morgan fingerprint density at radius 1 is 1.08 bits per heavy atom. The molecule has 144 valence electrons. The number of halogens is 6. The van der Waals surface area contributed by atoms with Gasteiger partial charge in [-0.3, -0.25) is 0 Å². The van der Waals surface area contributed by atoms with Crippen molar-refractivity contribution < 1.29 is 31.4 Å². The van der Waals surface area contributed by atoms with Crippen LogP contribution in [0.15, 0.2) is 24.3 Å². The van der Waals surface area contributed by atoms with E-state index in [0.717, 1.165) is 12.5 Å². The van der Waals surface area contributed by atoms with Crippen LogP contribution in [0.5, 0.6) is 0 Å². The third-order valence-electron chi connectivity index (χ3n) is 3.85. The number of hydrogen-bond donors (Lipinski definition) is 2. The number of nitrogens with zero attached hydrogens (tertiary/aromatic N) is 1. The van der Waals surface area contributed by atoms with Gasteiger partial charge in [-0.05, 0) is 43.6 Å². The fourth-order valence-corrected chi connectivity index (χ4v) is 2.62. The fraction of sp³-hybridized carbons (Fsp3) is 0.471. The summed E-state index contributed by atoms with van der Waals surface area (Å²) in [5.41, 5.74) is -3.76. The second-order valence-electron chi connectivity index (χ2n) is 5.85. The number of hydrogen-bond acceptors (Lipinski definition) is 3. The van der Waals surface area contributed by atoms with Gasteiger partial charge in [-0.2, -0.15) is 26.3 Å².